The molecule has 0 unspecified atom stereocenters. The molecule has 3 heteroatoms. The molecule has 0 bridgehead atoms. The van der Waals surface area contributed by atoms with E-state index < -0.39 is 0 Å². The fourth-order valence-electron chi connectivity index (χ4n) is 17.2. The maximum absolute atomic E-state index is 2.64. The third-order valence-corrected chi connectivity index (χ3v) is 25.3. The molecule has 0 saturated heterocycles. The lowest BCUT2D eigenvalue weighted by Crippen LogP contribution is -2.25. The Kier molecular flexibility index (Phi) is 27.7. The Labute approximate surface area is 618 Å². The number of benzene rings is 9. The average Bonchev–Trinajstić information content (AvgIpc) is 1.62. The Morgan fingerprint density at radius 3 is 1.17 bits per heavy atom. The van der Waals surface area contributed by atoms with Gasteiger partial charge >= 0.3 is 0 Å². The van der Waals surface area contributed by atoms with Gasteiger partial charge in [0.25, 0.3) is 0 Å². The second kappa shape index (κ2) is 37.9. The van der Waals surface area contributed by atoms with E-state index in [1.165, 1.54) is 310 Å². The van der Waals surface area contributed by atoms with Gasteiger partial charge in [0.1, 0.15) is 0 Å². The summed E-state index contributed by atoms with van der Waals surface area (Å²) in [7, 11) is 0. The zero-order valence-corrected chi connectivity index (χ0v) is 64.3. The third kappa shape index (κ3) is 18.1. The van der Waals surface area contributed by atoms with Crippen LogP contribution in [0.25, 0.3) is 86.6 Å². The number of fused-ring (bicyclic) bond motifs is 8. The molecule has 0 aliphatic heterocycles. The Balaban J connectivity index is 0.910. The summed E-state index contributed by atoms with van der Waals surface area (Å²) in [6.07, 6.45) is 47.6. The third-order valence-electron chi connectivity index (χ3n) is 22.7. The number of hydrogen-bond donors (Lipinski definition) is 0. The van der Waals surface area contributed by atoms with E-state index in [1.807, 2.05) is 0 Å². The van der Waals surface area contributed by atoms with E-state index in [0.29, 0.717) is 0 Å². The smallest absolute Gasteiger partial charge is 0.0462 e. The maximum atomic E-state index is 2.64. The molecule has 9 aromatic carbocycles. The van der Waals surface area contributed by atoms with Crippen LogP contribution < -0.4 is 4.90 Å². The largest absolute Gasteiger partial charge is 0.311 e. The summed E-state index contributed by atoms with van der Waals surface area (Å²) in [4.78, 5) is 5.55. The van der Waals surface area contributed by atoms with Crippen LogP contribution in [0.15, 0.2) is 194 Å². The molecule has 528 valence electrons. The topological polar surface area (TPSA) is 3.24 Å². The molecule has 101 heavy (non-hydrogen) atoms. The number of para-hydroxylation sites is 1. The van der Waals surface area contributed by atoms with Crippen molar-refractivity contribution in [3.8, 4) is 55.6 Å². The fraction of sp³-hybridized carbons (Fsp3) is 0.429. The molecule has 0 amide bonds. The molecule has 0 radical (unpaired) electrons. The summed E-state index contributed by atoms with van der Waals surface area (Å²) in [5, 5.41) is 5.61. The number of nitrogens with zero attached hydrogens (tertiary/aromatic N) is 1. The maximum Gasteiger partial charge on any atom is 0.0462 e. The van der Waals surface area contributed by atoms with E-state index >= 15 is 0 Å². The number of rotatable bonds is 43. The van der Waals surface area contributed by atoms with Gasteiger partial charge in [-0.3, -0.25) is 0 Å². The Hall–Kier alpha value is -7.04. The number of hydrogen-bond acceptors (Lipinski definition) is 3. The molecular formula is C98H119NS2. The normalized spacial score (nSPS) is 12.5. The van der Waals surface area contributed by atoms with Gasteiger partial charge in [0.05, 0.1) is 0 Å². The lowest BCUT2D eigenvalue weighted by atomic mass is 9.70. The van der Waals surface area contributed by atoms with Crippen LogP contribution in [-0.4, -0.2) is 0 Å². The van der Waals surface area contributed by atoms with Crippen LogP contribution in [0.2, 0.25) is 0 Å². The number of anilines is 3. The number of aryl methyl sites for hydroxylation is 3. The fourth-order valence-corrected chi connectivity index (χ4v) is 20.0. The summed E-state index contributed by atoms with van der Waals surface area (Å²) in [5.41, 5.74) is 21.8. The van der Waals surface area contributed by atoms with Crippen molar-refractivity contribution in [3.63, 3.8) is 0 Å². The SMILES string of the molecule is CCCCCCCCCCCCc1sc2c(cc(-c3ccc(N(c4ccccc4)c4ccc(-c5ccc6c(c5)C(CCCCCCCC)(CCCCCCCC)c5cc(C)ccc5-6)cc4)cc3)c3c2ccc2c(-c4ccccc4)c(CCCCCCCCCCCC)sc23)c1-c1ccccc1. The zero-order valence-electron chi connectivity index (χ0n) is 62.7. The highest BCUT2D eigenvalue weighted by Crippen LogP contribution is 2.56. The first kappa shape index (κ1) is 73.7. The van der Waals surface area contributed by atoms with Crippen LogP contribution in [0.4, 0.5) is 17.1 Å². The first-order chi connectivity index (χ1) is 49.9. The number of unbranched alkanes of at least 4 members (excludes halogenated alkanes) is 28. The van der Waals surface area contributed by atoms with Crippen LogP contribution in [0.5, 0.6) is 0 Å². The standard InChI is InChI=1S/C98H119NS2/c1-6-10-14-18-22-24-26-28-30-43-53-91-93(77-47-37-34-38-48-77)85-67-68-86-95(97(85)101-91)87(73-88-94(78-49-39-35-40-50-78)92(100-96(86)88)54-44-31-29-27-25-23-19-15-11-7-2)76-58-63-82(64-59-76)99(80-51-41-36-42-52-80)81-61-56-75(57-62-81)79-60-66-84-83-65-55-74(5)71-89(83)98(90(84)72-79,69-45-32-20-16-12-8-3)70-46-33-21-17-13-9-4/h34-42,47-52,55-68,71-73H,6-33,43-46,53-54,69-70H2,1-5H3. The highest BCUT2D eigenvalue weighted by Gasteiger charge is 2.42. The lowest BCUT2D eigenvalue weighted by molar-refractivity contribution is 0.398. The van der Waals surface area contributed by atoms with E-state index in [-0.39, 0.29) is 5.41 Å². The van der Waals surface area contributed by atoms with Gasteiger partial charge in [-0.2, -0.15) is 0 Å². The summed E-state index contributed by atoms with van der Waals surface area (Å²) < 4.78 is 2.87. The molecule has 0 saturated carbocycles. The van der Waals surface area contributed by atoms with Crippen molar-refractivity contribution in [3.05, 3.63) is 221 Å². The van der Waals surface area contributed by atoms with E-state index in [1.54, 1.807) is 20.9 Å². The number of thiophene rings is 2. The monoisotopic (exact) mass is 1370 g/mol. The predicted octanol–water partition coefficient (Wildman–Crippen LogP) is 32.4. The van der Waals surface area contributed by atoms with E-state index in [0.717, 1.165) is 29.9 Å². The van der Waals surface area contributed by atoms with Crippen molar-refractivity contribution in [2.45, 2.75) is 271 Å². The molecule has 1 aliphatic carbocycles. The van der Waals surface area contributed by atoms with Crippen molar-refractivity contribution < 1.29 is 0 Å². The van der Waals surface area contributed by atoms with Crippen molar-refractivity contribution >= 4 is 70.7 Å². The van der Waals surface area contributed by atoms with Gasteiger partial charge in [0.2, 0.25) is 0 Å². The van der Waals surface area contributed by atoms with Gasteiger partial charge in [-0.05, 0) is 150 Å². The first-order valence-corrected chi connectivity index (χ1v) is 42.5. The van der Waals surface area contributed by atoms with Gasteiger partial charge in [0.15, 0.2) is 0 Å². The second-order valence-corrected chi connectivity index (χ2v) is 32.5. The van der Waals surface area contributed by atoms with Gasteiger partial charge < -0.3 is 4.90 Å². The molecule has 0 N–H and O–H groups in total. The van der Waals surface area contributed by atoms with Crippen molar-refractivity contribution in [1.82, 2.24) is 0 Å². The molecule has 12 rings (SSSR count). The molecule has 2 heterocycles. The van der Waals surface area contributed by atoms with Crippen molar-refractivity contribution in [1.29, 1.82) is 0 Å². The van der Waals surface area contributed by atoms with Crippen LogP contribution in [-0.2, 0) is 18.3 Å². The summed E-state index contributed by atoms with van der Waals surface area (Å²) in [6.45, 7) is 11.6. The van der Waals surface area contributed by atoms with Gasteiger partial charge in [0, 0.05) is 74.3 Å². The minimum Gasteiger partial charge on any atom is -0.311 e. The van der Waals surface area contributed by atoms with E-state index in [4.69, 9.17) is 0 Å². The summed E-state index contributed by atoms with van der Waals surface area (Å²) in [6, 6.07) is 75.7. The van der Waals surface area contributed by atoms with Gasteiger partial charge in [-0.1, -0.05) is 371 Å². The molecule has 1 nitrogen and oxygen atoms in total. The van der Waals surface area contributed by atoms with Crippen molar-refractivity contribution in [2.24, 2.45) is 0 Å². The second-order valence-electron chi connectivity index (χ2n) is 30.3. The molecule has 2 aromatic heterocycles. The molecule has 0 spiro atoms. The predicted molar refractivity (Wildman–Crippen MR) is 449 cm³/mol. The van der Waals surface area contributed by atoms with Crippen molar-refractivity contribution in [2.75, 3.05) is 4.90 Å². The quantitative estimate of drug-likeness (QED) is 0.0344. The highest BCUT2D eigenvalue weighted by atomic mass is 32.1. The molecule has 0 fully saturated rings. The Bertz CT molecular complexity index is 4260. The van der Waals surface area contributed by atoms with Crippen LogP contribution in [0.3, 0.4) is 0 Å². The molecule has 11 aromatic rings. The Morgan fingerprint density at radius 1 is 0.287 bits per heavy atom. The molecule has 0 atom stereocenters. The van der Waals surface area contributed by atoms with Gasteiger partial charge in [-0.25, -0.2) is 0 Å². The van der Waals surface area contributed by atoms with Gasteiger partial charge in [-0.15, -0.1) is 22.7 Å². The minimum atomic E-state index is 0.0372. The molecule has 1 aliphatic rings. The van der Waals surface area contributed by atoms with E-state index in [9.17, 15) is 0 Å². The minimum absolute atomic E-state index is 0.0372. The first-order valence-electron chi connectivity index (χ1n) is 40.8. The average molecular weight is 1380 g/mol. The lowest BCUT2D eigenvalue weighted by Gasteiger charge is -2.33. The highest BCUT2D eigenvalue weighted by molar-refractivity contribution is 7.22. The van der Waals surface area contributed by atoms with E-state index in [2.05, 4.69) is 256 Å². The summed E-state index contributed by atoms with van der Waals surface area (Å²) >= 11 is 4.18. The Morgan fingerprint density at radius 2 is 0.673 bits per heavy atom. The van der Waals surface area contributed by atoms with Crippen LogP contribution in [0.1, 0.15) is 272 Å². The zero-order chi connectivity index (χ0) is 69.4. The summed E-state index contributed by atoms with van der Waals surface area (Å²) in [5.74, 6) is 0. The van der Waals surface area contributed by atoms with Crippen LogP contribution in [0, 0.1) is 6.92 Å². The van der Waals surface area contributed by atoms with Crippen LogP contribution >= 0.6 is 22.7 Å². The molecular weight excluding hydrogens is 1260 g/mol.